The third-order valence-corrected chi connectivity index (χ3v) is 4.67. The average molecular weight is 339 g/mol. The summed E-state index contributed by atoms with van der Waals surface area (Å²) < 4.78 is 45.1. The highest BCUT2D eigenvalue weighted by Gasteiger charge is 2.36. The maximum Gasteiger partial charge on any atom is 0.416 e. The van der Waals surface area contributed by atoms with Gasteiger partial charge in [0.25, 0.3) is 0 Å². The van der Waals surface area contributed by atoms with E-state index in [0.29, 0.717) is 17.3 Å². The van der Waals surface area contributed by atoms with Crippen molar-refractivity contribution < 1.29 is 17.6 Å². The third-order valence-electron chi connectivity index (χ3n) is 4.67. The smallest absolute Gasteiger partial charge is 0.416 e. The number of hydrogen-bond donors (Lipinski definition) is 0. The quantitative estimate of drug-likeness (QED) is 0.842. The maximum absolute atomic E-state index is 13.2. The minimum Gasteiger partial charge on any atom is -0.425 e. The van der Waals surface area contributed by atoms with Crippen molar-refractivity contribution in [1.82, 2.24) is 15.1 Å². The Hall–Kier alpha value is -1.89. The average Bonchev–Trinajstić information content (AvgIpc) is 2.95. The molecular formula is C17H20F3N3O. The van der Waals surface area contributed by atoms with E-state index in [1.165, 1.54) is 6.07 Å². The molecule has 0 N–H and O–H groups in total. The molecule has 0 radical (unpaired) electrons. The van der Waals surface area contributed by atoms with Crippen molar-refractivity contribution >= 4 is 0 Å². The van der Waals surface area contributed by atoms with Crippen LogP contribution in [0.1, 0.15) is 48.6 Å². The second-order valence-electron chi connectivity index (χ2n) is 6.27. The summed E-state index contributed by atoms with van der Waals surface area (Å²) in [5.74, 6) is 1.14. The molecule has 24 heavy (non-hydrogen) atoms. The van der Waals surface area contributed by atoms with E-state index >= 15 is 0 Å². The summed E-state index contributed by atoms with van der Waals surface area (Å²) in [5.41, 5.74) is -0.257. The SMILES string of the molecule is Cc1nnc([C@H]2CCCN(Cc3ccccc3C(F)(F)F)[C@H]2C)o1. The molecule has 1 aliphatic rings. The van der Waals surface area contributed by atoms with E-state index in [2.05, 4.69) is 15.1 Å². The Balaban J connectivity index is 1.81. The lowest BCUT2D eigenvalue weighted by Gasteiger charge is -2.38. The van der Waals surface area contributed by atoms with Gasteiger partial charge in [0, 0.05) is 19.5 Å². The molecule has 1 aromatic carbocycles. The van der Waals surface area contributed by atoms with Crippen LogP contribution >= 0.6 is 0 Å². The first-order chi connectivity index (χ1) is 11.4. The minimum atomic E-state index is -4.33. The van der Waals surface area contributed by atoms with Gasteiger partial charge in [-0.25, -0.2) is 0 Å². The number of alkyl halides is 3. The summed E-state index contributed by atoms with van der Waals surface area (Å²) in [6.45, 7) is 4.78. The van der Waals surface area contributed by atoms with Gasteiger partial charge >= 0.3 is 6.18 Å². The van der Waals surface area contributed by atoms with Crippen molar-refractivity contribution in [2.24, 2.45) is 0 Å². The summed E-state index contributed by atoms with van der Waals surface area (Å²) in [6, 6.07) is 5.81. The van der Waals surface area contributed by atoms with Crippen molar-refractivity contribution in [3.05, 3.63) is 47.2 Å². The zero-order chi connectivity index (χ0) is 17.3. The standard InChI is InChI=1S/C17H20F3N3O/c1-11-14(16-22-21-12(2)24-16)7-5-9-23(11)10-13-6-3-4-8-15(13)17(18,19)20/h3-4,6,8,11,14H,5,7,9-10H2,1-2H3/t11-,14-/m0/s1. The van der Waals surface area contributed by atoms with E-state index in [0.717, 1.165) is 25.5 Å². The van der Waals surface area contributed by atoms with Crippen molar-refractivity contribution in [1.29, 1.82) is 0 Å². The highest BCUT2D eigenvalue weighted by Crippen LogP contribution is 2.36. The molecule has 1 aliphatic heterocycles. The molecule has 7 heteroatoms. The first-order valence-electron chi connectivity index (χ1n) is 8.05. The van der Waals surface area contributed by atoms with Crippen LogP contribution in [0.2, 0.25) is 0 Å². The maximum atomic E-state index is 13.2. The van der Waals surface area contributed by atoms with Crippen molar-refractivity contribution in [2.75, 3.05) is 6.54 Å². The lowest BCUT2D eigenvalue weighted by Crippen LogP contribution is -2.42. The number of aromatic nitrogens is 2. The van der Waals surface area contributed by atoms with E-state index in [1.54, 1.807) is 19.1 Å². The Morgan fingerprint density at radius 1 is 1.25 bits per heavy atom. The van der Waals surface area contributed by atoms with Crippen LogP contribution in [0.25, 0.3) is 0 Å². The molecule has 2 aromatic rings. The van der Waals surface area contributed by atoms with E-state index in [4.69, 9.17) is 4.42 Å². The van der Waals surface area contributed by atoms with Crippen molar-refractivity contribution in [3.63, 3.8) is 0 Å². The fraction of sp³-hybridized carbons (Fsp3) is 0.529. The monoisotopic (exact) mass is 339 g/mol. The highest BCUT2D eigenvalue weighted by atomic mass is 19.4. The zero-order valence-electron chi connectivity index (χ0n) is 13.7. The number of benzene rings is 1. The van der Waals surface area contributed by atoms with Gasteiger partial charge in [-0.3, -0.25) is 4.90 Å². The molecule has 130 valence electrons. The second-order valence-corrected chi connectivity index (χ2v) is 6.27. The van der Waals surface area contributed by atoms with Crippen LogP contribution in [0.15, 0.2) is 28.7 Å². The van der Waals surface area contributed by atoms with E-state index in [9.17, 15) is 13.2 Å². The molecule has 1 fully saturated rings. The molecule has 3 rings (SSSR count). The number of nitrogens with zero attached hydrogens (tertiary/aromatic N) is 3. The Morgan fingerprint density at radius 2 is 2.00 bits per heavy atom. The summed E-state index contributed by atoms with van der Waals surface area (Å²) >= 11 is 0. The Morgan fingerprint density at radius 3 is 2.67 bits per heavy atom. The first-order valence-corrected chi connectivity index (χ1v) is 8.05. The molecule has 4 nitrogen and oxygen atoms in total. The highest BCUT2D eigenvalue weighted by molar-refractivity contribution is 5.29. The normalized spacial score (nSPS) is 22.7. The van der Waals surface area contributed by atoms with Crippen molar-refractivity contribution in [3.8, 4) is 0 Å². The number of rotatable bonds is 3. The van der Waals surface area contributed by atoms with Crippen LogP contribution in [0.5, 0.6) is 0 Å². The molecule has 0 bridgehead atoms. The van der Waals surface area contributed by atoms with Gasteiger partial charge in [-0.15, -0.1) is 10.2 Å². The lowest BCUT2D eigenvalue weighted by molar-refractivity contribution is -0.138. The van der Waals surface area contributed by atoms with Crippen LogP contribution in [-0.4, -0.2) is 27.7 Å². The van der Waals surface area contributed by atoms with Crippen LogP contribution < -0.4 is 0 Å². The largest absolute Gasteiger partial charge is 0.425 e. The summed E-state index contributed by atoms with van der Waals surface area (Å²) in [4.78, 5) is 2.07. The van der Waals surface area contributed by atoms with Crippen LogP contribution in [0.3, 0.4) is 0 Å². The Bertz CT molecular complexity index is 698. The Kier molecular flexibility index (Phi) is 4.62. The van der Waals surface area contributed by atoms with Crippen LogP contribution in [0.4, 0.5) is 13.2 Å². The number of aryl methyl sites for hydroxylation is 1. The van der Waals surface area contributed by atoms with E-state index in [-0.39, 0.29) is 18.5 Å². The molecule has 0 saturated carbocycles. The molecule has 0 unspecified atom stereocenters. The second kappa shape index (κ2) is 6.55. The lowest BCUT2D eigenvalue weighted by atomic mass is 9.89. The van der Waals surface area contributed by atoms with E-state index < -0.39 is 11.7 Å². The minimum absolute atomic E-state index is 0.0416. The third kappa shape index (κ3) is 3.45. The molecule has 2 atom stereocenters. The number of halogens is 3. The van der Waals surface area contributed by atoms with Gasteiger partial charge in [0.15, 0.2) is 0 Å². The molecule has 1 saturated heterocycles. The number of hydrogen-bond acceptors (Lipinski definition) is 4. The fourth-order valence-corrected chi connectivity index (χ4v) is 3.38. The predicted octanol–water partition coefficient (Wildman–Crippen LogP) is 4.16. The molecule has 0 spiro atoms. The van der Waals surface area contributed by atoms with Gasteiger partial charge in [-0.2, -0.15) is 13.2 Å². The van der Waals surface area contributed by atoms with Gasteiger partial charge < -0.3 is 4.42 Å². The Labute approximate surface area is 138 Å². The molecule has 1 aromatic heterocycles. The first kappa shape index (κ1) is 17.0. The van der Waals surface area contributed by atoms with Crippen molar-refractivity contribution in [2.45, 2.75) is 51.4 Å². The molecule has 2 heterocycles. The topological polar surface area (TPSA) is 42.2 Å². The predicted molar refractivity (Wildman–Crippen MR) is 82.3 cm³/mol. The van der Waals surface area contributed by atoms with Gasteiger partial charge in [0.1, 0.15) is 0 Å². The summed E-state index contributed by atoms with van der Waals surface area (Å²) in [6.07, 6.45) is -2.54. The van der Waals surface area contributed by atoms with Gasteiger partial charge in [0.2, 0.25) is 11.8 Å². The molecular weight excluding hydrogens is 319 g/mol. The molecule has 0 aliphatic carbocycles. The number of piperidine rings is 1. The van der Waals surface area contributed by atoms with E-state index in [1.807, 2.05) is 6.92 Å². The fourth-order valence-electron chi connectivity index (χ4n) is 3.38. The van der Waals surface area contributed by atoms with Gasteiger partial charge in [-0.05, 0) is 37.9 Å². The van der Waals surface area contributed by atoms with Gasteiger partial charge in [0.05, 0.1) is 11.5 Å². The summed E-state index contributed by atoms with van der Waals surface area (Å²) in [7, 11) is 0. The van der Waals surface area contributed by atoms with Crippen LogP contribution in [-0.2, 0) is 12.7 Å². The molecule has 0 amide bonds. The summed E-state index contributed by atoms with van der Waals surface area (Å²) in [5, 5.41) is 7.96. The zero-order valence-corrected chi connectivity index (χ0v) is 13.7. The number of likely N-dealkylation sites (tertiary alicyclic amines) is 1. The van der Waals surface area contributed by atoms with Crippen LogP contribution in [0, 0.1) is 6.92 Å². The van der Waals surface area contributed by atoms with Gasteiger partial charge in [-0.1, -0.05) is 18.2 Å².